The van der Waals surface area contributed by atoms with Gasteiger partial charge in [0.1, 0.15) is 17.0 Å². The highest BCUT2D eigenvalue weighted by atomic mass is 35.5. The smallest absolute Gasteiger partial charge is 0.310 e. The zero-order chi connectivity index (χ0) is 12.3. The van der Waals surface area contributed by atoms with Crippen molar-refractivity contribution >= 4 is 23.0 Å². The van der Waals surface area contributed by atoms with Crippen molar-refractivity contribution < 1.29 is 9.66 Å². The Morgan fingerprint density at radius 2 is 2.53 bits per heavy atom. The van der Waals surface area contributed by atoms with E-state index in [-0.39, 0.29) is 10.8 Å². The van der Waals surface area contributed by atoms with Crippen LogP contribution in [-0.4, -0.2) is 29.7 Å². The lowest BCUT2D eigenvalue weighted by molar-refractivity contribution is -0.384. The first kappa shape index (κ1) is 12.1. The van der Waals surface area contributed by atoms with Crippen LogP contribution < -0.4 is 5.32 Å². The van der Waals surface area contributed by atoms with Gasteiger partial charge in [0.05, 0.1) is 11.5 Å². The van der Waals surface area contributed by atoms with Crippen LogP contribution in [0.4, 0.5) is 11.4 Å². The molecule has 1 unspecified atom stereocenters. The van der Waals surface area contributed by atoms with Gasteiger partial charge < -0.3 is 10.1 Å². The molecule has 1 aromatic rings. The highest BCUT2D eigenvalue weighted by molar-refractivity contribution is 6.29. The van der Waals surface area contributed by atoms with Gasteiger partial charge in [-0.25, -0.2) is 4.98 Å². The lowest BCUT2D eigenvalue weighted by atomic mass is 10.1. The summed E-state index contributed by atoms with van der Waals surface area (Å²) in [5, 5.41) is 14.1. The largest absolute Gasteiger partial charge is 0.381 e. The number of ether oxygens (including phenoxy) is 1. The van der Waals surface area contributed by atoms with Crippen molar-refractivity contribution in [3.05, 3.63) is 27.5 Å². The Hall–Kier alpha value is -1.40. The maximum absolute atomic E-state index is 10.8. The van der Waals surface area contributed by atoms with E-state index < -0.39 is 4.92 Å². The second kappa shape index (κ2) is 5.29. The first-order valence-electron chi connectivity index (χ1n) is 5.28. The minimum absolute atomic E-state index is 0.0617. The number of nitrogens with one attached hydrogen (secondary N) is 1. The van der Waals surface area contributed by atoms with Gasteiger partial charge in [-0.05, 0) is 6.42 Å². The Kier molecular flexibility index (Phi) is 3.75. The number of nitrogens with zero attached hydrogens (tertiary/aromatic N) is 2. The van der Waals surface area contributed by atoms with Gasteiger partial charge in [-0.1, -0.05) is 11.6 Å². The Morgan fingerprint density at radius 3 is 3.18 bits per heavy atom. The Bertz CT molecular complexity index is 421. The minimum Gasteiger partial charge on any atom is -0.381 e. The maximum Gasteiger partial charge on any atom is 0.310 e. The molecule has 1 aliphatic rings. The molecule has 17 heavy (non-hydrogen) atoms. The molecular formula is C10H12ClN3O3. The monoisotopic (exact) mass is 257 g/mol. The topological polar surface area (TPSA) is 77.3 Å². The SMILES string of the molecule is O=[N+]([O-])c1cnc(Cl)cc1NCC1CCOC1. The fourth-order valence-corrected chi connectivity index (χ4v) is 1.87. The quantitative estimate of drug-likeness (QED) is 0.508. The summed E-state index contributed by atoms with van der Waals surface area (Å²) in [5.41, 5.74) is 0.343. The van der Waals surface area contributed by atoms with Gasteiger partial charge in [0.2, 0.25) is 0 Å². The third-order valence-electron chi connectivity index (χ3n) is 2.65. The highest BCUT2D eigenvalue weighted by Gasteiger charge is 2.19. The molecule has 2 rings (SSSR count). The van der Waals surface area contributed by atoms with Crippen molar-refractivity contribution in [3.8, 4) is 0 Å². The van der Waals surface area contributed by atoms with E-state index >= 15 is 0 Å². The van der Waals surface area contributed by atoms with Crippen LogP contribution >= 0.6 is 11.6 Å². The summed E-state index contributed by atoms with van der Waals surface area (Å²) in [4.78, 5) is 14.0. The van der Waals surface area contributed by atoms with Crippen molar-refractivity contribution in [1.82, 2.24) is 4.98 Å². The lowest BCUT2D eigenvalue weighted by Crippen LogP contribution is -2.15. The van der Waals surface area contributed by atoms with E-state index in [1.54, 1.807) is 0 Å². The molecule has 1 aromatic heterocycles. The number of halogens is 1. The molecule has 2 heterocycles. The molecule has 6 nitrogen and oxygen atoms in total. The molecular weight excluding hydrogens is 246 g/mol. The second-order valence-electron chi connectivity index (χ2n) is 3.89. The van der Waals surface area contributed by atoms with Gasteiger partial charge in [-0.3, -0.25) is 10.1 Å². The zero-order valence-electron chi connectivity index (χ0n) is 9.06. The fraction of sp³-hybridized carbons (Fsp3) is 0.500. The molecule has 0 aliphatic carbocycles. The van der Waals surface area contributed by atoms with Crippen molar-refractivity contribution in [2.75, 3.05) is 25.1 Å². The maximum atomic E-state index is 10.8. The average Bonchev–Trinajstić information content (AvgIpc) is 2.78. The number of rotatable bonds is 4. The van der Waals surface area contributed by atoms with Gasteiger partial charge in [0.15, 0.2) is 0 Å². The molecule has 0 spiro atoms. The predicted molar refractivity (Wildman–Crippen MR) is 63.3 cm³/mol. The molecule has 0 amide bonds. The lowest BCUT2D eigenvalue weighted by Gasteiger charge is -2.10. The number of pyridine rings is 1. The second-order valence-corrected chi connectivity index (χ2v) is 4.28. The van der Waals surface area contributed by atoms with Crippen LogP contribution in [0.5, 0.6) is 0 Å². The third kappa shape index (κ3) is 3.04. The Labute approximate surface area is 103 Å². The van der Waals surface area contributed by atoms with Gasteiger partial charge in [-0.15, -0.1) is 0 Å². The van der Waals surface area contributed by atoms with Crippen molar-refractivity contribution in [1.29, 1.82) is 0 Å². The van der Waals surface area contributed by atoms with Gasteiger partial charge in [0, 0.05) is 25.1 Å². The van der Waals surface area contributed by atoms with Crippen LogP contribution in [0.2, 0.25) is 5.15 Å². The highest BCUT2D eigenvalue weighted by Crippen LogP contribution is 2.26. The molecule has 7 heteroatoms. The summed E-state index contributed by atoms with van der Waals surface area (Å²) >= 11 is 5.72. The summed E-state index contributed by atoms with van der Waals surface area (Å²) in [6, 6.07) is 1.47. The summed E-state index contributed by atoms with van der Waals surface area (Å²) in [7, 11) is 0. The number of hydrogen-bond acceptors (Lipinski definition) is 5. The standard InChI is InChI=1S/C10H12ClN3O3/c11-10-3-8(9(5-13-10)14(15)16)12-4-7-1-2-17-6-7/h3,5,7H,1-2,4,6H2,(H,12,13). The molecule has 92 valence electrons. The van der Waals surface area contributed by atoms with Crippen LogP contribution in [0.25, 0.3) is 0 Å². The molecule has 1 saturated heterocycles. The van der Waals surface area contributed by atoms with Gasteiger partial charge in [-0.2, -0.15) is 0 Å². The van der Waals surface area contributed by atoms with Crippen LogP contribution in [0.3, 0.4) is 0 Å². The molecule has 1 N–H and O–H groups in total. The predicted octanol–water partition coefficient (Wildman–Crippen LogP) is 2.09. The first-order chi connectivity index (χ1) is 8.16. The summed E-state index contributed by atoms with van der Waals surface area (Å²) in [6.07, 6.45) is 2.13. The molecule has 0 bridgehead atoms. The van der Waals surface area contributed by atoms with E-state index in [0.717, 1.165) is 19.2 Å². The van der Waals surface area contributed by atoms with Crippen molar-refractivity contribution in [3.63, 3.8) is 0 Å². The summed E-state index contributed by atoms with van der Waals surface area (Å²) in [6.45, 7) is 2.09. The van der Waals surface area contributed by atoms with Gasteiger partial charge >= 0.3 is 5.69 Å². The van der Waals surface area contributed by atoms with E-state index in [0.29, 0.717) is 24.8 Å². The Morgan fingerprint density at radius 1 is 1.71 bits per heavy atom. The van der Waals surface area contributed by atoms with Crippen LogP contribution in [-0.2, 0) is 4.74 Å². The van der Waals surface area contributed by atoms with E-state index in [4.69, 9.17) is 16.3 Å². The Balaban J connectivity index is 2.07. The summed E-state index contributed by atoms with van der Waals surface area (Å²) in [5.74, 6) is 0.390. The minimum atomic E-state index is -0.475. The number of aromatic nitrogens is 1. The summed E-state index contributed by atoms with van der Waals surface area (Å²) < 4.78 is 5.23. The van der Waals surface area contributed by atoms with Crippen LogP contribution in [0.15, 0.2) is 12.3 Å². The van der Waals surface area contributed by atoms with E-state index in [9.17, 15) is 10.1 Å². The molecule has 1 aliphatic heterocycles. The zero-order valence-corrected chi connectivity index (χ0v) is 9.81. The fourth-order valence-electron chi connectivity index (χ4n) is 1.71. The first-order valence-corrected chi connectivity index (χ1v) is 5.66. The third-order valence-corrected chi connectivity index (χ3v) is 2.86. The molecule has 0 aromatic carbocycles. The van der Waals surface area contributed by atoms with Crippen molar-refractivity contribution in [2.24, 2.45) is 5.92 Å². The number of hydrogen-bond donors (Lipinski definition) is 1. The van der Waals surface area contributed by atoms with Gasteiger partial charge in [0.25, 0.3) is 0 Å². The number of anilines is 1. The normalized spacial score (nSPS) is 19.2. The van der Waals surface area contributed by atoms with Crippen molar-refractivity contribution in [2.45, 2.75) is 6.42 Å². The van der Waals surface area contributed by atoms with Crippen LogP contribution in [0, 0.1) is 16.0 Å². The average molecular weight is 258 g/mol. The van der Waals surface area contributed by atoms with E-state index in [1.807, 2.05) is 0 Å². The van der Waals surface area contributed by atoms with E-state index in [1.165, 1.54) is 6.07 Å². The molecule has 0 saturated carbocycles. The molecule has 1 fully saturated rings. The number of nitro groups is 1. The molecule has 1 atom stereocenters. The van der Waals surface area contributed by atoms with E-state index in [2.05, 4.69) is 10.3 Å². The van der Waals surface area contributed by atoms with Crippen LogP contribution in [0.1, 0.15) is 6.42 Å². The molecule has 0 radical (unpaired) electrons.